The molecule has 1 aromatic carbocycles. The SMILES string of the molecule is Cc1cc(Cl)ccc1C(CN)N(Cc1ccsc1)C1CC1. The van der Waals surface area contributed by atoms with E-state index < -0.39 is 0 Å². The Morgan fingerprint density at radius 3 is 2.76 bits per heavy atom. The van der Waals surface area contributed by atoms with E-state index in [1.54, 1.807) is 11.3 Å². The standard InChI is InChI=1S/C17H21ClN2S/c1-12-8-14(18)2-5-16(12)17(9-19)20(15-3-4-15)10-13-6-7-21-11-13/h2,5-8,11,15,17H,3-4,9-10,19H2,1H3. The summed E-state index contributed by atoms with van der Waals surface area (Å²) in [5.74, 6) is 0. The lowest BCUT2D eigenvalue weighted by atomic mass is 9.99. The van der Waals surface area contributed by atoms with Crippen molar-refractivity contribution in [2.24, 2.45) is 5.73 Å². The van der Waals surface area contributed by atoms with Gasteiger partial charge in [0.1, 0.15) is 0 Å². The van der Waals surface area contributed by atoms with Crippen LogP contribution in [0.15, 0.2) is 35.0 Å². The summed E-state index contributed by atoms with van der Waals surface area (Å²) in [4.78, 5) is 2.57. The molecule has 2 aromatic rings. The first kappa shape index (κ1) is 15.0. The number of benzene rings is 1. The molecule has 0 aliphatic heterocycles. The quantitative estimate of drug-likeness (QED) is 0.856. The summed E-state index contributed by atoms with van der Waals surface area (Å²) < 4.78 is 0. The van der Waals surface area contributed by atoms with E-state index in [0.717, 1.165) is 11.6 Å². The van der Waals surface area contributed by atoms with Crippen molar-refractivity contribution in [3.63, 3.8) is 0 Å². The molecule has 0 radical (unpaired) electrons. The third kappa shape index (κ3) is 3.49. The van der Waals surface area contributed by atoms with E-state index in [-0.39, 0.29) is 6.04 Å². The van der Waals surface area contributed by atoms with Crippen molar-refractivity contribution in [2.45, 2.75) is 38.4 Å². The summed E-state index contributed by atoms with van der Waals surface area (Å²) in [6.07, 6.45) is 2.57. The molecule has 0 saturated heterocycles. The number of hydrogen-bond acceptors (Lipinski definition) is 3. The van der Waals surface area contributed by atoms with Gasteiger partial charge in [0.05, 0.1) is 0 Å². The maximum absolute atomic E-state index is 6.14. The molecule has 1 saturated carbocycles. The molecular weight excluding hydrogens is 300 g/mol. The first-order valence-electron chi connectivity index (χ1n) is 7.42. The predicted octanol–water partition coefficient (Wildman–Crippen LogP) is 4.37. The number of hydrogen-bond donors (Lipinski definition) is 1. The monoisotopic (exact) mass is 320 g/mol. The number of aryl methyl sites for hydroxylation is 1. The van der Waals surface area contributed by atoms with Gasteiger partial charge in [-0.15, -0.1) is 0 Å². The Hall–Kier alpha value is -0.870. The van der Waals surface area contributed by atoms with Gasteiger partial charge in [-0.25, -0.2) is 0 Å². The van der Waals surface area contributed by atoms with Crippen molar-refractivity contribution in [3.8, 4) is 0 Å². The normalized spacial score (nSPS) is 16.4. The zero-order chi connectivity index (χ0) is 14.8. The maximum Gasteiger partial charge on any atom is 0.0479 e. The molecule has 2 nitrogen and oxygen atoms in total. The summed E-state index contributed by atoms with van der Waals surface area (Å²) in [5, 5.41) is 5.17. The smallest absolute Gasteiger partial charge is 0.0479 e. The van der Waals surface area contributed by atoms with Crippen LogP contribution in [0.2, 0.25) is 5.02 Å². The van der Waals surface area contributed by atoms with E-state index in [9.17, 15) is 0 Å². The van der Waals surface area contributed by atoms with Crippen LogP contribution in [0.25, 0.3) is 0 Å². The molecule has 0 amide bonds. The van der Waals surface area contributed by atoms with Crippen LogP contribution < -0.4 is 5.73 Å². The molecule has 3 rings (SSSR count). The van der Waals surface area contributed by atoms with Crippen molar-refractivity contribution in [1.29, 1.82) is 0 Å². The second-order valence-corrected chi connectivity index (χ2v) is 7.00. The largest absolute Gasteiger partial charge is 0.329 e. The molecule has 1 aliphatic carbocycles. The van der Waals surface area contributed by atoms with Crippen LogP contribution in [-0.2, 0) is 6.54 Å². The second-order valence-electron chi connectivity index (χ2n) is 5.79. The minimum absolute atomic E-state index is 0.273. The third-order valence-electron chi connectivity index (χ3n) is 4.18. The molecule has 0 bridgehead atoms. The molecular formula is C17H21ClN2S. The van der Waals surface area contributed by atoms with Gasteiger partial charge in [0.15, 0.2) is 0 Å². The highest BCUT2D eigenvalue weighted by atomic mass is 35.5. The van der Waals surface area contributed by atoms with Gasteiger partial charge in [-0.05, 0) is 65.4 Å². The lowest BCUT2D eigenvalue weighted by molar-refractivity contribution is 0.181. The molecule has 1 atom stereocenters. The molecule has 1 unspecified atom stereocenters. The number of halogens is 1. The number of nitrogens with two attached hydrogens (primary N) is 1. The van der Waals surface area contributed by atoms with Crippen LogP contribution in [0.1, 0.15) is 35.6 Å². The van der Waals surface area contributed by atoms with Gasteiger partial charge in [-0.3, -0.25) is 4.90 Å². The zero-order valence-corrected chi connectivity index (χ0v) is 13.8. The van der Waals surface area contributed by atoms with Gasteiger partial charge in [0, 0.05) is 30.2 Å². The summed E-state index contributed by atoms with van der Waals surface area (Å²) in [6.45, 7) is 3.75. The highest BCUT2D eigenvalue weighted by molar-refractivity contribution is 7.07. The predicted molar refractivity (Wildman–Crippen MR) is 90.9 cm³/mol. The van der Waals surface area contributed by atoms with Crippen molar-refractivity contribution in [1.82, 2.24) is 4.90 Å². The fourth-order valence-electron chi connectivity index (χ4n) is 2.95. The average Bonchev–Trinajstić information content (AvgIpc) is 3.18. The van der Waals surface area contributed by atoms with Gasteiger partial charge in [0.25, 0.3) is 0 Å². The van der Waals surface area contributed by atoms with Gasteiger partial charge in [0.2, 0.25) is 0 Å². The summed E-state index contributed by atoms with van der Waals surface area (Å²) >= 11 is 7.85. The third-order valence-corrected chi connectivity index (χ3v) is 5.14. The topological polar surface area (TPSA) is 29.3 Å². The molecule has 4 heteroatoms. The van der Waals surface area contributed by atoms with Gasteiger partial charge in [-0.2, -0.15) is 11.3 Å². The van der Waals surface area contributed by atoms with Crippen molar-refractivity contribution < 1.29 is 0 Å². The lowest BCUT2D eigenvalue weighted by Gasteiger charge is -2.32. The molecule has 0 spiro atoms. The van der Waals surface area contributed by atoms with Crippen LogP contribution in [0.3, 0.4) is 0 Å². The average molecular weight is 321 g/mol. The van der Waals surface area contributed by atoms with Gasteiger partial charge in [-0.1, -0.05) is 17.7 Å². The number of nitrogens with zero attached hydrogens (tertiary/aromatic N) is 1. The number of thiophene rings is 1. The van der Waals surface area contributed by atoms with E-state index in [2.05, 4.69) is 34.7 Å². The highest BCUT2D eigenvalue weighted by Crippen LogP contribution is 2.37. The van der Waals surface area contributed by atoms with Crippen molar-refractivity contribution in [3.05, 3.63) is 56.7 Å². The van der Waals surface area contributed by atoms with Crippen LogP contribution in [0.4, 0.5) is 0 Å². The maximum atomic E-state index is 6.14. The van der Waals surface area contributed by atoms with Crippen molar-refractivity contribution in [2.75, 3.05) is 6.54 Å². The second kappa shape index (κ2) is 6.49. The fraction of sp³-hybridized carbons (Fsp3) is 0.412. The summed E-state index contributed by atoms with van der Waals surface area (Å²) in [5.41, 5.74) is 10.1. The zero-order valence-electron chi connectivity index (χ0n) is 12.3. The Balaban J connectivity index is 1.88. The van der Waals surface area contributed by atoms with E-state index in [4.69, 9.17) is 17.3 Å². The Bertz CT molecular complexity index is 593. The van der Waals surface area contributed by atoms with Crippen LogP contribution in [-0.4, -0.2) is 17.5 Å². The van der Waals surface area contributed by atoms with Crippen LogP contribution in [0.5, 0.6) is 0 Å². The van der Waals surface area contributed by atoms with Gasteiger partial charge >= 0.3 is 0 Å². The Morgan fingerprint density at radius 2 is 2.19 bits per heavy atom. The van der Waals surface area contributed by atoms with E-state index in [1.807, 2.05) is 12.1 Å². The molecule has 21 heavy (non-hydrogen) atoms. The van der Waals surface area contributed by atoms with Crippen LogP contribution in [0, 0.1) is 6.92 Å². The molecule has 112 valence electrons. The lowest BCUT2D eigenvalue weighted by Crippen LogP contribution is -2.35. The molecule has 1 aromatic heterocycles. The Kier molecular flexibility index (Phi) is 4.65. The van der Waals surface area contributed by atoms with Crippen LogP contribution >= 0.6 is 22.9 Å². The molecule has 1 heterocycles. The molecule has 2 N–H and O–H groups in total. The fourth-order valence-corrected chi connectivity index (χ4v) is 3.83. The van der Waals surface area contributed by atoms with E-state index in [1.165, 1.54) is 29.5 Å². The van der Waals surface area contributed by atoms with Crippen molar-refractivity contribution >= 4 is 22.9 Å². The van der Waals surface area contributed by atoms with Gasteiger partial charge < -0.3 is 5.73 Å². The first-order valence-corrected chi connectivity index (χ1v) is 8.74. The first-order chi connectivity index (χ1) is 10.2. The molecule has 1 fully saturated rings. The van der Waals surface area contributed by atoms with E-state index >= 15 is 0 Å². The minimum atomic E-state index is 0.273. The Labute approximate surface area is 135 Å². The molecule has 1 aliphatic rings. The summed E-state index contributed by atoms with van der Waals surface area (Å²) in [6, 6.07) is 9.31. The number of rotatable bonds is 6. The van der Waals surface area contributed by atoms with E-state index in [0.29, 0.717) is 12.6 Å². The minimum Gasteiger partial charge on any atom is -0.329 e. The Morgan fingerprint density at radius 1 is 1.38 bits per heavy atom. The summed E-state index contributed by atoms with van der Waals surface area (Å²) in [7, 11) is 0. The highest BCUT2D eigenvalue weighted by Gasteiger charge is 2.34.